The average Bonchev–Trinajstić information content (AvgIpc) is 3.43. The highest BCUT2D eigenvalue weighted by Gasteiger charge is 2.25. The Hall–Kier alpha value is -4.02. The summed E-state index contributed by atoms with van der Waals surface area (Å²) in [6.07, 6.45) is 2.57. The fourth-order valence-electron chi connectivity index (χ4n) is 4.52. The van der Waals surface area contributed by atoms with E-state index in [0.29, 0.717) is 68.6 Å². The Morgan fingerprint density at radius 1 is 0.780 bits per heavy atom. The number of aromatic nitrogens is 1. The number of amides is 2. The number of ether oxygens (including phenoxy) is 5. The second-order valence-corrected chi connectivity index (χ2v) is 9.41. The van der Waals surface area contributed by atoms with E-state index < -0.39 is 0 Å². The van der Waals surface area contributed by atoms with Gasteiger partial charge >= 0.3 is 0 Å². The summed E-state index contributed by atoms with van der Waals surface area (Å²) < 4.78 is 28.9. The van der Waals surface area contributed by atoms with Crippen LogP contribution in [0.25, 0.3) is 0 Å². The Balaban J connectivity index is 1.84. The third-order valence-electron chi connectivity index (χ3n) is 6.69. The van der Waals surface area contributed by atoms with Crippen molar-refractivity contribution in [2.45, 2.75) is 19.5 Å². The maximum absolute atomic E-state index is 13.8. The van der Waals surface area contributed by atoms with Gasteiger partial charge in [-0.3, -0.25) is 9.59 Å². The number of carbonyl (C=O) groups excluding carboxylic acids is 2. The summed E-state index contributed by atoms with van der Waals surface area (Å²) in [4.78, 5) is 30.8. The Kier molecular flexibility index (Phi) is 12.5. The van der Waals surface area contributed by atoms with Crippen LogP contribution in [0.2, 0.25) is 0 Å². The van der Waals surface area contributed by atoms with Crippen LogP contribution in [-0.4, -0.2) is 94.6 Å². The minimum absolute atomic E-state index is 0.109. The molecule has 0 spiro atoms. The SMILES string of the molecule is COCCCN(CC(=O)N(CCOC)Cc1cccn1Cc1ccccc1)C(=O)c1cc(OC)c(OC)c(OC)c1. The first kappa shape index (κ1) is 31.5. The van der Waals surface area contributed by atoms with Crippen molar-refractivity contribution in [2.24, 2.45) is 0 Å². The van der Waals surface area contributed by atoms with Crippen molar-refractivity contribution in [2.75, 3.05) is 68.4 Å². The van der Waals surface area contributed by atoms with Gasteiger partial charge in [0.25, 0.3) is 5.91 Å². The predicted molar refractivity (Wildman–Crippen MR) is 156 cm³/mol. The number of hydrogen-bond donors (Lipinski definition) is 0. The van der Waals surface area contributed by atoms with E-state index >= 15 is 0 Å². The van der Waals surface area contributed by atoms with Crippen LogP contribution in [-0.2, 0) is 27.4 Å². The zero-order valence-electron chi connectivity index (χ0n) is 24.6. The first-order chi connectivity index (χ1) is 19.9. The molecular weight excluding hydrogens is 526 g/mol. The van der Waals surface area contributed by atoms with Gasteiger partial charge in [0.05, 0.1) is 34.5 Å². The molecule has 0 saturated heterocycles. The largest absolute Gasteiger partial charge is 0.493 e. The lowest BCUT2D eigenvalue weighted by Crippen LogP contribution is -2.44. The maximum Gasteiger partial charge on any atom is 0.254 e. The Morgan fingerprint density at radius 2 is 1.46 bits per heavy atom. The van der Waals surface area contributed by atoms with Crippen molar-refractivity contribution >= 4 is 11.8 Å². The normalized spacial score (nSPS) is 10.8. The summed E-state index contributed by atoms with van der Waals surface area (Å²) in [6, 6.07) is 17.3. The fraction of sp³-hybridized carbons (Fsp3) is 0.419. The topological polar surface area (TPSA) is 91.7 Å². The summed E-state index contributed by atoms with van der Waals surface area (Å²) in [5.41, 5.74) is 2.48. The van der Waals surface area contributed by atoms with E-state index in [1.165, 1.54) is 31.8 Å². The van der Waals surface area contributed by atoms with Crippen LogP contribution in [0.1, 0.15) is 28.0 Å². The van der Waals surface area contributed by atoms with Gasteiger partial charge in [-0.25, -0.2) is 0 Å². The highest BCUT2D eigenvalue weighted by atomic mass is 16.5. The molecule has 1 aromatic heterocycles. The van der Waals surface area contributed by atoms with Gasteiger partial charge < -0.3 is 38.1 Å². The lowest BCUT2D eigenvalue weighted by atomic mass is 10.1. The summed E-state index contributed by atoms with van der Waals surface area (Å²) in [6.45, 7) is 2.50. The van der Waals surface area contributed by atoms with Gasteiger partial charge in [-0.05, 0) is 36.2 Å². The van der Waals surface area contributed by atoms with Gasteiger partial charge in [0, 0.05) is 57.9 Å². The van der Waals surface area contributed by atoms with Gasteiger partial charge in [0.1, 0.15) is 6.54 Å². The van der Waals surface area contributed by atoms with E-state index in [4.69, 9.17) is 23.7 Å². The molecule has 0 aliphatic heterocycles. The molecule has 10 nitrogen and oxygen atoms in total. The molecular formula is C31H41N3O7. The van der Waals surface area contributed by atoms with Crippen molar-refractivity contribution in [3.63, 3.8) is 0 Å². The van der Waals surface area contributed by atoms with Crippen LogP contribution >= 0.6 is 0 Å². The summed E-state index contributed by atoms with van der Waals surface area (Å²) >= 11 is 0. The first-order valence-corrected chi connectivity index (χ1v) is 13.5. The van der Waals surface area contributed by atoms with Gasteiger partial charge in [-0.1, -0.05) is 30.3 Å². The lowest BCUT2D eigenvalue weighted by Gasteiger charge is -2.28. The molecule has 0 bridgehead atoms. The number of methoxy groups -OCH3 is 5. The van der Waals surface area contributed by atoms with Crippen molar-refractivity contribution in [3.05, 3.63) is 77.6 Å². The van der Waals surface area contributed by atoms with Gasteiger partial charge in [0.15, 0.2) is 11.5 Å². The van der Waals surface area contributed by atoms with Crippen LogP contribution in [0.5, 0.6) is 17.2 Å². The Labute approximate surface area is 242 Å². The monoisotopic (exact) mass is 567 g/mol. The molecule has 0 radical (unpaired) electrons. The molecule has 0 aliphatic rings. The van der Waals surface area contributed by atoms with E-state index in [1.807, 2.05) is 36.5 Å². The standard InChI is InChI=1S/C31H41N3O7/c1-37-17-10-15-34(31(36)25-19-27(39-3)30(41-5)28(20-25)40-4)23-29(35)33(16-18-38-2)22-26-13-9-14-32(26)21-24-11-7-6-8-12-24/h6-9,11-14,19-20H,10,15-18,21-23H2,1-5H3. The molecule has 0 saturated carbocycles. The third-order valence-corrected chi connectivity index (χ3v) is 6.69. The number of rotatable bonds is 17. The molecule has 2 amide bonds. The molecule has 2 aromatic carbocycles. The molecule has 3 aromatic rings. The summed E-state index contributed by atoms with van der Waals surface area (Å²) in [5, 5.41) is 0. The molecule has 0 N–H and O–H groups in total. The van der Waals surface area contributed by atoms with Gasteiger partial charge in [0.2, 0.25) is 11.7 Å². The fourth-order valence-corrected chi connectivity index (χ4v) is 4.52. The Bertz CT molecular complexity index is 1220. The highest BCUT2D eigenvalue weighted by molar-refractivity contribution is 5.97. The van der Waals surface area contributed by atoms with E-state index in [0.717, 1.165) is 5.69 Å². The van der Waals surface area contributed by atoms with Crippen LogP contribution in [0.15, 0.2) is 60.8 Å². The average molecular weight is 568 g/mol. The quantitative estimate of drug-likeness (QED) is 0.230. The zero-order chi connectivity index (χ0) is 29.6. The highest BCUT2D eigenvalue weighted by Crippen LogP contribution is 2.38. The number of carbonyl (C=O) groups is 2. The minimum atomic E-state index is -0.326. The molecule has 0 fully saturated rings. The van der Waals surface area contributed by atoms with Gasteiger partial charge in [-0.2, -0.15) is 0 Å². The molecule has 0 unspecified atom stereocenters. The second-order valence-electron chi connectivity index (χ2n) is 9.41. The molecule has 222 valence electrons. The van der Waals surface area contributed by atoms with E-state index in [-0.39, 0.29) is 18.4 Å². The van der Waals surface area contributed by atoms with Crippen molar-refractivity contribution in [3.8, 4) is 17.2 Å². The first-order valence-electron chi connectivity index (χ1n) is 13.5. The number of nitrogens with zero attached hydrogens (tertiary/aromatic N) is 3. The van der Waals surface area contributed by atoms with E-state index in [2.05, 4.69) is 16.7 Å². The Morgan fingerprint density at radius 3 is 2.07 bits per heavy atom. The van der Waals surface area contributed by atoms with Crippen molar-refractivity contribution in [1.82, 2.24) is 14.4 Å². The molecule has 3 rings (SSSR count). The van der Waals surface area contributed by atoms with Crippen molar-refractivity contribution < 1.29 is 33.3 Å². The molecule has 10 heteroatoms. The van der Waals surface area contributed by atoms with Crippen LogP contribution in [0.3, 0.4) is 0 Å². The minimum Gasteiger partial charge on any atom is -0.493 e. The smallest absolute Gasteiger partial charge is 0.254 e. The van der Waals surface area contributed by atoms with Gasteiger partial charge in [-0.15, -0.1) is 0 Å². The lowest BCUT2D eigenvalue weighted by molar-refractivity contribution is -0.133. The van der Waals surface area contributed by atoms with Crippen LogP contribution in [0, 0.1) is 0 Å². The summed E-state index contributed by atoms with van der Waals surface area (Å²) in [7, 11) is 7.70. The maximum atomic E-state index is 13.8. The number of hydrogen-bond acceptors (Lipinski definition) is 7. The third kappa shape index (κ3) is 8.73. The second kappa shape index (κ2) is 16.3. The molecule has 1 heterocycles. The van der Waals surface area contributed by atoms with Crippen LogP contribution in [0.4, 0.5) is 0 Å². The molecule has 0 aliphatic carbocycles. The van der Waals surface area contributed by atoms with E-state index in [9.17, 15) is 9.59 Å². The number of benzene rings is 2. The van der Waals surface area contributed by atoms with Crippen molar-refractivity contribution in [1.29, 1.82) is 0 Å². The van der Waals surface area contributed by atoms with Crippen LogP contribution < -0.4 is 14.2 Å². The predicted octanol–water partition coefficient (Wildman–Crippen LogP) is 3.72. The zero-order valence-corrected chi connectivity index (χ0v) is 24.6. The molecule has 0 atom stereocenters. The van der Waals surface area contributed by atoms with E-state index in [1.54, 1.807) is 31.3 Å². The molecule has 41 heavy (non-hydrogen) atoms. The summed E-state index contributed by atoms with van der Waals surface area (Å²) in [5.74, 6) is 0.594.